The molecule has 1 heterocycles. The molecule has 2 fully saturated rings. The van der Waals surface area contributed by atoms with Crippen molar-refractivity contribution in [3.8, 4) is 0 Å². The summed E-state index contributed by atoms with van der Waals surface area (Å²) in [6.07, 6.45) is 7.00. The summed E-state index contributed by atoms with van der Waals surface area (Å²) in [7, 11) is 0. The number of hydrogen-bond acceptors (Lipinski definition) is 2. The first-order valence-electron chi connectivity index (χ1n) is 7.22. The van der Waals surface area contributed by atoms with Crippen LogP contribution in [0.1, 0.15) is 52.4 Å². The van der Waals surface area contributed by atoms with E-state index in [2.05, 4.69) is 24.5 Å². The van der Waals surface area contributed by atoms with Crippen molar-refractivity contribution < 1.29 is 4.79 Å². The molecule has 3 heteroatoms. The molecule has 1 amide bonds. The van der Waals surface area contributed by atoms with Gasteiger partial charge >= 0.3 is 0 Å². The van der Waals surface area contributed by atoms with Crippen LogP contribution in [-0.2, 0) is 4.79 Å². The molecule has 17 heavy (non-hydrogen) atoms. The van der Waals surface area contributed by atoms with Crippen molar-refractivity contribution >= 4 is 5.91 Å². The van der Waals surface area contributed by atoms with E-state index in [1.807, 2.05) is 0 Å². The topological polar surface area (TPSA) is 41.1 Å². The molecule has 3 nitrogen and oxygen atoms in total. The SMILES string of the molecule is CCC(CC1CC1)NC(=O)C1CCNC(C)C1. The predicted molar refractivity (Wildman–Crippen MR) is 69.8 cm³/mol. The predicted octanol–water partition coefficient (Wildman–Crippen LogP) is 2.07. The second kappa shape index (κ2) is 5.85. The van der Waals surface area contributed by atoms with Crippen molar-refractivity contribution in [2.75, 3.05) is 6.54 Å². The molecule has 0 aromatic rings. The summed E-state index contributed by atoms with van der Waals surface area (Å²) >= 11 is 0. The Morgan fingerprint density at radius 1 is 1.41 bits per heavy atom. The fourth-order valence-electron chi connectivity index (χ4n) is 2.77. The van der Waals surface area contributed by atoms with Crippen molar-refractivity contribution in [2.45, 2.75) is 64.5 Å². The molecule has 0 bridgehead atoms. The molecule has 0 aromatic carbocycles. The van der Waals surface area contributed by atoms with Crippen LogP contribution in [0.25, 0.3) is 0 Å². The third-order valence-corrected chi connectivity index (χ3v) is 4.15. The Morgan fingerprint density at radius 2 is 2.18 bits per heavy atom. The maximum absolute atomic E-state index is 12.2. The van der Waals surface area contributed by atoms with Gasteiger partial charge in [0.1, 0.15) is 0 Å². The fourth-order valence-corrected chi connectivity index (χ4v) is 2.77. The molecule has 3 unspecified atom stereocenters. The molecule has 0 aromatic heterocycles. The Balaban J connectivity index is 1.77. The highest BCUT2D eigenvalue weighted by molar-refractivity contribution is 5.79. The zero-order valence-corrected chi connectivity index (χ0v) is 11.2. The zero-order chi connectivity index (χ0) is 12.3. The second-order valence-corrected chi connectivity index (χ2v) is 5.87. The smallest absolute Gasteiger partial charge is 0.223 e. The van der Waals surface area contributed by atoms with Crippen LogP contribution in [0.15, 0.2) is 0 Å². The van der Waals surface area contributed by atoms with Gasteiger partial charge in [-0.3, -0.25) is 4.79 Å². The maximum atomic E-state index is 12.2. The number of piperidine rings is 1. The van der Waals surface area contributed by atoms with Gasteiger partial charge in [0.25, 0.3) is 0 Å². The van der Waals surface area contributed by atoms with Gasteiger partial charge < -0.3 is 10.6 Å². The van der Waals surface area contributed by atoms with E-state index in [1.165, 1.54) is 19.3 Å². The van der Waals surface area contributed by atoms with Gasteiger partial charge in [0.15, 0.2) is 0 Å². The van der Waals surface area contributed by atoms with Gasteiger partial charge in [-0.25, -0.2) is 0 Å². The molecule has 1 aliphatic heterocycles. The van der Waals surface area contributed by atoms with Gasteiger partial charge in [-0.1, -0.05) is 19.8 Å². The van der Waals surface area contributed by atoms with Crippen LogP contribution < -0.4 is 10.6 Å². The van der Waals surface area contributed by atoms with Crippen molar-refractivity contribution in [1.29, 1.82) is 0 Å². The van der Waals surface area contributed by atoms with Crippen molar-refractivity contribution in [3.05, 3.63) is 0 Å². The molecule has 1 saturated carbocycles. The van der Waals surface area contributed by atoms with E-state index in [-0.39, 0.29) is 5.92 Å². The Hall–Kier alpha value is -0.570. The number of carbonyl (C=O) groups excluding carboxylic acids is 1. The van der Waals surface area contributed by atoms with Gasteiger partial charge in [0.05, 0.1) is 0 Å². The van der Waals surface area contributed by atoms with E-state index in [1.54, 1.807) is 0 Å². The summed E-state index contributed by atoms with van der Waals surface area (Å²) in [4.78, 5) is 12.2. The lowest BCUT2D eigenvalue weighted by atomic mass is 9.92. The number of amides is 1. The number of carbonyl (C=O) groups is 1. The molecule has 2 N–H and O–H groups in total. The van der Waals surface area contributed by atoms with E-state index < -0.39 is 0 Å². The quantitative estimate of drug-likeness (QED) is 0.770. The lowest BCUT2D eigenvalue weighted by Crippen LogP contribution is -2.45. The number of nitrogens with one attached hydrogen (secondary N) is 2. The van der Waals surface area contributed by atoms with Crippen LogP contribution in [0.2, 0.25) is 0 Å². The highest BCUT2D eigenvalue weighted by Crippen LogP contribution is 2.34. The Kier molecular flexibility index (Phi) is 4.43. The van der Waals surface area contributed by atoms with Gasteiger partial charge in [0.2, 0.25) is 5.91 Å². The van der Waals surface area contributed by atoms with Gasteiger partial charge in [0, 0.05) is 18.0 Å². The lowest BCUT2D eigenvalue weighted by molar-refractivity contribution is -0.126. The number of rotatable bonds is 5. The van der Waals surface area contributed by atoms with Crippen LogP contribution in [0.3, 0.4) is 0 Å². The lowest BCUT2D eigenvalue weighted by Gasteiger charge is -2.28. The first kappa shape index (κ1) is 12.9. The highest BCUT2D eigenvalue weighted by Gasteiger charge is 2.29. The van der Waals surface area contributed by atoms with Crippen LogP contribution in [0.5, 0.6) is 0 Å². The van der Waals surface area contributed by atoms with Crippen molar-refractivity contribution in [2.24, 2.45) is 11.8 Å². The third-order valence-electron chi connectivity index (χ3n) is 4.15. The van der Waals surface area contributed by atoms with Gasteiger partial charge in [-0.2, -0.15) is 0 Å². The highest BCUT2D eigenvalue weighted by atomic mass is 16.1. The van der Waals surface area contributed by atoms with Crippen LogP contribution >= 0.6 is 0 Å². The van der Waals surface area contributed by atoms with E-state index in [9.17, 15) is 4.79 Å². The largest absolute Gasteiger partial charge is 0.353 e. The molecule has 2 rings (SSSR count). The zero-order valence-electron chi connectivity index (χ0n) is 11.2. The molecule has 98 valence electrons. The first-order valence-corrected chi connectivity index (χ1v) is 7.22. The molecular formula is C14H26N2O. The molecule has 0 spiro atoms. The molecule has 1 aliphatic carbocycles. The van der Waals surface area contributed by atoms with E-state index in [0.717, 1.165) is 31.7 Å². The normalized spacial score (nSPS) is 30.9. The minimum atomic E-state index is 0.236. The van der Waals surface area contributed by atoms with Crippen molar-refractivity contribution in [1.82, 2.24) is 10.6 Å². The summed E-state index contributed by atoms with van der Waals surface area (Å²) in [6, 6.07) is 0.906. The van der Waals surface area contributed by atoms with E-state index >= 15 is 0 Å². The summed E-state index contributed by atoms with van der Waals surface area (Å²) in [5, 5.41) is 6.66. The third kappa shape index (κ3) is 3.98. The number of hydrogen-bond donors (Lipinski definition) is 2. The Morgan fingerprint density at radius 3 is 2.76 bits per heavy atom. The maximum Gasteiger partial charge on any atom is 0.223 e. The van der Waals surface area contributed by atoms with Gasteiger partial charge in [-0.05, 0) is 45.1 Å². The Bertz CT molecular complexity index is 263. The molecule has 2 aliphatic rings. The molecule has 1 saturated heterocycles. The monoisotopic (exact) mass is 238 g/mol. The van der Waals surface area contributed by atoms with Crippen LogP contribution in [0, 0.1) is 11.8 Å². The molecule has 3 atom stereocenters. The average Bonchev–Trinajstić information content (AvgIpc) is 3.12. The van der Waals surface area contributed by atoms with Crippen LogP contribution in [0.4, 0.5) is 0 Å². The first-order chi connectivity index (χ1) is 8.19. The van der Waals surface area contributed by atoms with Crippen LogP contribution in [-0.4, -0.2) is 24.5 Å². The minimum absolute atomic E-state index is 0.236. The van der Waals surface area contributed by atoms with Crippen molar-refractivity contribution in [3.63, 3.8) is 0 Å². The van der Waals surface area contributed by atoms with E-state index in [4.69, 9.17) is 0 Å². The average molecular weight is 238 g/mol. The summed E-state index contributed by atoms with van der Waals surface area (Å²) in [5.74, 6) is 1.43. The summed E-state index contributed by atoms with van der Waals surface area (Å²) in [5.41, 5.74) is 0. The Labute approximate surface area is 105 Å². The second-order valence-electron chi connectivity index (χ2n) is 5.87. The molecular weight excluding hydrogens is 212 g/mol. The minimum Gasteiger partial charge on any atom is -0.353 e. The summed E-state index contributed by atoms with van der Waals surface area (Å²) < 4.78 is 0. The summed E-state index contributed by atoms with van der Waals surface area (Å²) in [6.45, 7) is 5.33. The fraction of sp³-hybridized carbons (Fsp3) is 0.929. The van der Waals surface area contributed by atoms with E-state index in [0.29, 0.717) is 18.0 Å². The van der Waals surface area contributed by atoms with Gasteiger partial charge in [-0.15, -0.1) is 0 Å². The molecule has 0 radical (unpaired) electrons. The standard InChI is InChI=1S/C14H26N2O/c1-3-13(9-11-4-5-11)16-14(17)12-6-7-15-10(2)8-12/h10-13,15H,3-9H2,1-2H3,(H,16,17).